The van der Waals surface area contributed by atoms with Crippen LogP contribution in [0.5, 0.6) is 11.5 Å². The number of methoxy groups -OCH3 is 1. The lowest BCUT2D eigenvalue weighted by Gasteiger charge is -2.15. The minimum Gasteiger partial charge on any atom is -0.493 e. The van der Waals surface area contributed by atoms with Crippen molar-refractivity contribution in [3.05, 3.63) is 22.7 Å². The highest BCUT2D eigenvalue weighted by Crippen LogP contribution is 2.38. The fourth-order valence-electron chi connectivity index (χ4n) is 1.84. The lowest BCUT2D eigenvalue weighted by Crippen LogP contribution is -2.27. The van der Waals surface area contributed by atoms with Gasteiger partial charge in [-0.05, 0) is 37.5 Å². The van der Waals surface area contributed by atoms with Gasteiger partial charge < -0.3 is 20.5 Å². The largest absolute Gasteiger partial charge is 0.493 e. The van der Waals surface area contributed by atoms with Crippen LogP contribution in [0, 0.1) is 0 Å². The molecule has 5 nitrogen and oxygen atoms in total. The highest BCUT2D eigenvalue weighted by molar-refractivity contribution is 6.32. The summed E-state index contributed by atoms with van der Waals surface area (Å²) in [7, 11) is 1.53. The number of carbonyl (C=O) groups is 1. The number of hydrogen-bond acceptors (Lipinski definition) is 4. The minimum absolute atomic E-state index is 0.230. The summed E-state index contributed by atoms with van der Waals surface area (Å²) in [4.78, 5) is 10.8. The molecular weight excluding hydrogens is 280 g/mol. The molecule has 0 heterocycles. The molecule has 0 aromatic heterocycles. The molecule has 0 atom stereocenters. The van der Waals surface area contributed by atoms with Gasteiger partial charge in [0.2, 0.25) is 0 Å². The Balaban J connectivity index is 2.11. The molecule has 1 aromatic rings. The van der Waals surface area contributed by atoms with Gasteiger partial charge in [-0.2, -0.15) is 0 Å². The van der Waals surface area contributed by atoms with Crippen LogP contribution >= 0.6 is 11.6 Å². The standard InChI is InChI=1S/C14H19ClN2O3/c1-14(3-4-14)17-7-9-5-10(15)13(11(6-9)19-2)20-8-12(16)18/h5-6,17H,3-4,7-8H2,1-2H3,(H2,16,18). The van der Waals surface area contributed by atoms with E-state index in [0.29, 0.717) is 23.1 Å². The Hall–Kier alpha value is -1.46. The van der Waals surface area contributed by atoms with Gasteiger partial charge >= 0.3 is 0 Å². The first-order valence-corrected chi connectivity index (χ1v) is 6.84. The lowest BCUT2D eigenvalue weighted by molar-refractivity contribution is -0.119. The summed E-state index contributed by atoms with van der Waals surface area (Å²) in [6.45, 7) is 2.67. The number of halogens is 1. The zero-order valence-corrected chi connectivity index (χ0v) is 12.4. The van der Waals surface area contributed by atoms with Crippen molar-refractivity contribution in [1.82, 2.24) is 5.32 Å². The summed E-state index contributed by atoms with van der Waals surface area (Å²) in [5.74, 6) is 0.279. The highest BCUT2D eigenvalue weighted by Gasteiger charge is 2.36. The van der Waals surface area contributed by atoms with Gasteiger partial charge in [0, 0.05) is 12.1 Å². The maximum absolute atomic E-state index is 10.8. The Labute approximate surface area is 123 Å². The van der Waals surface area contributed by atoms with E-state index in [1.165, 1.54) is 20.0 Å². The molecule has 0 spiro atoms. The average molecular weight is 299 g/mol. The second-order valence-corrected chi connectivity index (χ2v) is 5.69. The van der Waals surface area contributed by atoms with E-state index < -0.39 is 5.91 Å². The second-order valence-electron chi connectivity index (χ2n) is 5.28. The van der Waals surface area contributed by atoms with Gasteiger partial charge in [0.15, 0.2) is 18.1 Å². The van der Waals surface area contributed by atoms with Crippen LogP contribution in [0.15, 0.2) is 12.1 Å². The molecule has 0 bridgehead atoms. The second kappa shape index (κ2) is 5.89. The van der Waals surface area contributed by atoms with Gasteiger partial charge in [0.25, 0.3) is 5.91 Å². The fraction of sp³-hybridized carbons (Fsp3) is 0.500. The number of nitrogens with one attached hydrogen (secondary N) is 1. The van der Waals surface area contributed by atoms with Gasteiger partial charge in [-0.3, -0.25) is 4.79 Å². The van der Waals surface area contributed by atoms with E-state index in [9.17, 15) is 4.79 Å². The van der Waals surface area contributed by atoms with Crippen molar-refractivity contribution in [3.8, 4) is 11.5 Å². The average Bonchev–Trinajstić information content (AvgIpc) is 3.13. The Kier molecular flexibility index (Phi) is 4.40. The normalized spacial score (nSPS) is 15.8. The summed E-state index contributed by atoms with van der Waals surface area (Å²) in [5.41, 5.74) is 6.31. The summed E-state index contributed by atoms with van der Waals surface area (Å²) in [6.07, 6.45) is 2.38. The van der Waals surface area contributed by atoms with Crippen LogP contribution in [0.1, 0.15) is 25.3 Å². The molecule has 0 radical (unpaired) electrons. The van der Waals surface area contributed by atoms with Crippen molar-refractivity contribution < 1.29 is 14.3 Å². The maximum atomic E-state index is 10.8. The number of nitrogens with two attached hydrogens (primary N) is 1. The smallest absolute Gasteiger partial charge is 0.255 e. The summed E-state index contributed by atoms with van der Waals surface area (Å²) >= 11 is 6.18. The van der Waals surface area contributed by atoms with E-state index in [2.05, 4.69) is 12.2 Å². The topological polar surface area (TPSA) is 73.6 Å². The molecular formula is C14H19ClN2O3. The number of amides is 1. The van der Waals surface area contributed by atoms with Crippen LogP contribution in [0.4, 0.5) is 0 Å². The molecule has 0 unspecified atom stereocenters. The third kappa shape index (κ3) is 3.77. The van der Waals surface area contributed by atoms with Crippen LogP contribution in [0.25, 0.3) is 0 Å². The number of carbonyl (C=O) groups excluding carboxylic acids is 1. The molecule has 0 saturated heterocycles. The van der Waals surface area contributed by atoms with Crippen LogP contribution in [0.3, 0.4) is 0 Å². The van der Waals surface area contributed by atoms with Crippen molar-refractivity contribution in [2.75, 3.05) is 13.7 Å². The predicted octanol–water partition coefficient (Wildman–Crippen LogP) is 1.85. The molecule has 1 aromatic carbocycles. The molecule has 110 valence electrons. The number of rotatable bonds is 7. The number of primary amides is 1. The molecule has 1 amide bonds. The van der Waals surface area contributed by atoms with Crippen molar-refractivity contribution >= 4 is 17.5 Å². The van der Waals surface area contributed by atoms with E-state index >= 15 is 0 Å². The SMILES string of the molecule is COc1cc(CNC2(C)CC2)cc(Cl)c1OCC(N)=O. The molecule has 1 saturated carbocycles. The molecule has 20 heavy (non-hydrogen) atoms. The first kappa shape index (κ1) is 14.9. The van der Waals surface area contributed by atoms with Crippen molar-refractivity contribution in [3.63, 3.8) is 0 Å². The lowest BCUT2D eigenvalue weighted by atomic mass is 10.2. The molecule has 3 N–H and O–H groups in total. The van der Waals surface area contributed by atoms with Crippen LogP contribution in [-0.4, -0.2) is 25.2 Å². The number of hydrogen-bond donors (Lipinski definition) is 2. The quantitative estimate of drug-likeness (QED) is 0.806. The summed E-state index contributed by atoms with van der Waals surface area (Å²) < 4.78 is 10.5. The minimum atomic E-state index is -0.560. The van der Waals surface area contributed by atoms with Crippen molar-refractivity contribution in [1.29, 1.82) is 0 Å². The maximum Gasteiger partial charge on any atom is 0.255 e. The van der Waals surface area contributed by atoms with E-state index in [0.717, 1.165) is 5.56 Å². The van der Waals surface area contributed by atoms with E-state index in [-0.39, 0.29) is 12.1 Å². The first-order valence-electron chi connectivity index (χ1n) is 6.46. The van der Waals surface area contributed by atoms with Crippen molar-refractivity contribution in [2.45, 2.75) is 31.8 Å². The Morgan fingerprint density at radius 1 is 1.50 bits per heavy atom. The molecule has 2 rings (SSSR count). The third-order valence-corrected chi connectivity index (χ3v) is 3.65. The fourth-order valence-corrected chi connectivity index (χ4v) is 2.13. The highest BCUT2D eigenvalue weighted by atomic mass is 35.5. The Bertz CT molecular complexity index is 515. The van der Waals surface area contributed by atoms with Gasteiger partial charge in [0.1, 0.15) is 0 Å². The Morgan fingerprint density at radius 3 is 2.75 bits per heavy atom. The Morgan fingerprint density at radius 2 is 2.20 bits per heavy atom. The first-order chi connectivity index (χ1) is 9.43. The van der Waals surface area contributed by atoms with E-state index in [1.54, 1.807) is 6.07 Å². The molecule has 0 aliphatic heterocycles. The van der Waals surface area contributed by atoms with E-state index in [1.807, 2.05) is 6.07 Å². The number of benzene rings is 1. The molecule has 1 fully saturated rings. The van der Waals surface area contributed by atoms with Gasteiger partial charge in [-0.15, -0.1) is 0 Å². The van der Waals surface area contributed by atoms with Gasteiger partial charge in [-0.25, -0.2) is 0 Å². The third-order valence-electron chi connectivity index (χ3n) is 3.37. The molecule has 6 heteroatoms. The van der Waals surface area contributed by atoms with Crippen LogP contribution in [-0.2, 0) is 11.3 Å². The molecule has 1 aliphatic carbocycles. The molecule has 1 aliphatic rings. The van der Waals surface area contributed by atoms with Crippen LogP contribution < -0.4 is 20.5 Å². The zero-order chi connectivity index (χ0) is 14.8. The van der Waals surface area contributed by atoms with E-state index in [4.69, 9.17) is 26.8 Å². The van der Waals surface area contributed by atoms with Gasteiger partial charge in [0.05, 0.1) is 12.1 Å². The van der Waals surface area contributed by atoms with Crippen LogP contribution in [0.2, 0.25) is 5.02 Å². The van der Waals surface area contributed by atoms with Gasteiger partial charge in [-0.1, -0.05) is 11.6 Å². The number of ether oxygens (including phenoxy) is 2. The summed E-state index contributed by atoms with van der Waals surface area (Å²) in [5, 5.41) is 3.87. The monoisotopic (exact) mass is 298 g/mol. The van der Waals surface area contributed by atoms with Crippen molar-refractivity contribution in [2.24, 2.45) is 5.73 Å². The summed E-state index contributed by atoms with van der Waals surface area (Å²) in [6, 6.07) is 3.65. The zero-order valence-electron chi connectivity index (χ0n) is 11.7. The predicted molar refractivity (Wildman–Crippen MR) is 77.2 cm³/mol.